The van der Waals surface area contributed by atoms with Crippen molar-refractivity contribution in [2.45, 2.75) is 32.4 Å². The molecule has 2 N–H and O–H groups in total. The van der Waals surface area contributed by atoms with Crippen LogP contribution in [-0.2, 0) is 6.54 Å². The molecule has 1 aliphatic heterocycles. The van der Waals surface area contributed by atoms with Gasteiger partial charge in [-0.1, -0.05) is 37.3 Å². The van der Waals surface area contributed by atoms with Crippen LogP contribution in [0.15, 0.2) is 30.3 Å². The Labute approximate surface area is 115 Å². The lowest BCUT2D eigenvalue weighted by atomic mass is 10.2. The Hall–Kier alpha value is -1.55. The first kappa shape index (κ1) is 13.9. The van der Waals surface area contributed by atoms with Gasteiger partial charge in [0.05, 0.1) is 0 Å². The van der Waals surface area contributed by atoms with E-state index in [1.54, 1.807) is 0 Å². The monoisotopic (exact) mass is 261 g/mol. The van der Waals surface area contributed by atoms with Crippen LogP contribution in [0, 0.1) is 0 Å². The average Bonchev–Trinajstić information content (AvgIpc) is 2.85. The van der Waals surface area contributed by atoms with Gasteiger partial charge in [-0.15, -0.1) is 0 Å². The molecule has 1 aromatic rings. The zero-order valence-corrected chi connectivity index (χ0v) is 11.6. The summed E-state index contributed by atoms with van der Waals surface area (Å²) in [4.78, 5) is 14.0. The summed E-state index contributed by atoms with van der Waals surface area (Å²) >= 11 is 0. The van der Waals surface area contributed by atoms with Crippen molar-refractivity contribution in [3.63, 3.8) is 0 Å². The van der Waals surface area contributed by atoms with Crippen LogP contribution in [-0.4, -0.2) is 36.6 Å². The quantitative estimate of drug-likeness (QED) is 0.851. The van der Waals surface area contributed by atoms with Crippen LogP contribution in [0.3, 0.4) is 0 Å². The first-order valence-corrected chi connectivity index (χ1v) is 7.08. The van der Waals surface area contributed by atoms with Crippen LogP contribution in [0.5, 0.6) is 0 Å². The van der Waals surface area contributed by atoms with Gasteiger partial charge in [-0.2, -0.15) is 0 Å². The molecule has 0 aliphatic carbocycles. The standard InChI is InChI=1S/C15H23N3O/c1-2-9-16-15(19)17-14-8-10-18(12-14)11-13-6-4-3-5-7-13/h3-7,14H,2,8-12H2,1H3,(H2,16,17,19). The highest BCUT2D eigenvalue weighted by atomic mass is 16.2. The average molecular weight is 261 g/mol. The number of hydrogen-bond acceptors (Lipinski definition) is 2. The molecule has 4 nitrogen and oxygen atoms in total. The van der Waals surface area contributed by atoms with Crippen molar-refractivity contribution in [2.24, 2.45) is 0 Å². The molecule has 19 heavy (non-hydrogen) atoms. The molecule has 1 atom stereocenters. The van der Waals surface area contributed by atoms with Gasteiger partial charge in [-0.3, -0.25) is 4.90 Å². The van der Waals surface area contributed by atoms with Crippen molar-refractivity contribution < 1.29 is 4.79 Å². The normalized spacial score (nSPS) is 19.3. The molecule has 2 rings (SSSR count). The predicted octanol–water partition coefficient (Wildman–Crippen LogP) is 1.97. The molecular weight excluding hydrogens is 238 g/mol. The molecule has 0 aromatic heterocycles. The van der Waals surface area contributed by atoms with E-state index in [0.29, 0.717) is 0 Å². The van der Waals surface area contributed by atoms with Crippen LogP contribution < -0.4 is 10.6 Å². The number of carbonyl (C=O) groups excluding carboxylic acids is 1. The second-order valence-electron chi connectivity index (χ2n) is 5.11. The highest BCUT2D eigenvalue weighted by Gasteiger charge is 2.23. The summed E-state index contributed by atoms with van der Waals surface area (Å²) < 4.78 is 0. The van der Waals surface area contributed by atoms with Gasteiger partial charge in [0, 0.05) is 32.2 Å². The van der Waals surface area contributed by atoms with E-state index in [2.05, 4.69) is 46.7 Å². The van der Waals surface area contributed by atoms with Crippen molar-refractivity contribution in [2.75, 3.05) is 19.6 Å². The fourth-order valence-electron chi connectivity index (χ4n) is 2.41. The van der Waals surface area contributed by atoms with E-state index < -0.39 is 0 Å². The number of nitrogens with zero attached hydrogens (tertiary/aromatic N) is 1. The second kappa shape index (κ2) is 7.14. The Bertz CT molecular complexity index is 394. The van der Waals surface area contributed by atoms with E-state index in [1.807, 2.05) is 6.07 Å². The Balaban J connectivity index is 1.72. The molecule has 0 saturated carbocycles. The summed E-state index contributed by atoms with van der Waals surface area (Å²) in [5.41, 5.74) is 1.33. The number of nitrogens with one attached hydrogen (secondary N) is 2. The number of urea groups is 1. The van der Waals surface area contributed by atoms with Crippen LogP contribution in [0.4, 0.5) is 4.79 Å². The Morgan fingerprint density at radius 2 is 2.16 bits per heavy atom. The number of rotatable bonds is 5. The molecule has 1 fully saturated rings. The minimum absolute atomic E-state index is 0.0339. The number of hydrogen-bond donors (Lipinski definition) is 2. The van der Waals surface area contributed by atoms with Crippen molar-refractivity contribution in [1.29, 1.82) is 0 Å². The van der Waals surface area contributed by atoms with Gasteiger partial charge in [0.2, 0.25) is 0 Å². The first-order chi connectivity index (χ1) is 9.28. The van der Waals surface area contributed by atoms with Crippen LogP contribution in [0.25, 0.3) is 0 Å². The third-order valence-electron chi connectivity index (χ3n) is 3.39. The van der Waals surface area contributed by atoms with Gasteiger partial charge in [0.15, 0.2) is 0 Å². The lowest BCUT2D eigenvalue weighted by molar-refractivity contribution is 0.236. The molecule has 0 spiro atoms. The summed E-state index contributed by atoms with van der Waals surface area (Å²) in [7, 11) is 0. The fourth-order valence-corrected chi connectivity index (χ4v) is 2.41. The van der Waals surface area contributed by atoms with Gasteiger partial charge < -0.3 is 10.6 Å². The third kappa shape index (κ3) is 4.56. The van der Waals surface area contributed by atoms with E-state index in [-0.39, 0.29) is 12.1 Å². The van der Waals surface area contributed by atoms with Crippen molar-refractivity contribution in [1.82, 2.24) is 15.5 Å². The van der Waals surface area contributed by atoms with Crippen LogP contribution in [0.1, 0.15) is 25.3 Å². The van der Waals surface area contributed by atoms with Gasteiger partial charge >= 0.3 is 6.03 Å². The van der Waals surface area contributed by atoms with E-state index in [1.165, 1.54) is 5.56 Å². The highest BCUT2D eigenvalue weighted by molar-refractivity contribution is 5.74. The minimum Gasteiger partial charge on any atom is -0.338 e. The summed E-state index contributed by atoms with van der Waals surface area (Å²) in [5, 5.41) is 5.89. The summed E-state index contributed by atoms with van der Waals surface area (Å²) in [5.74, 6) is 0. The predicted molar refractivity (Wildman–Crippen MR) is 76.9 cm³/mol. The summed E-state index contributed by atoms with van der Waals surface area (Å²) in [6.45, 7) is 5.75. The zero-order chi connectivity index (χ0) is 13.5. The summed E-state index contributed by atoms with van der Waals surface area (Å²) in [6.07, 6.45) is 2.00. The summed E-state index contributed by atoms with van der Waals surface area (Å²) in [6, 6.07) is 10.7. The van der Waals surface area contributed by atoms with E-state index in [9.17, 15) is 4.79 Å². The van der Waals surface area contributed by atoms with E-state index >= 15 is 0 Å². The molecule has 4 heteroatoms. The lowest BCUT2D eigenvalue weighted by Crippen LogP contribution is -2.43. The topological polar surface area (TPSA) is 44.4 Å². The van der Waals surface area contributed by atoms with Crippen LogP contribution >= 0.6 is 0 Å². The molecule has 0 radical (unpaired) electrons. The number of benzene rings is 1. The number of carbonyl (C=O) groups is 1. The molecule has 1 aliphatic rings. The van der Waals surface area contributed by atoms with Crippen molar-refractivity contribution in [3.05, 3.63) is 35.9 Å². The van der Waals surface area contributed by atoms with Crippen molar-refractivity contribution in [3.8, 4) is 0 Å². The maximum absolute atomic E-state index is 11.6. The Morgan fingerprint density at radius 3 is 2.89 bits per heavy atom. The lowest BCUT2D eigenvalue weighted by Gasteiger charge is -2.17. The molecule has 1 heterocycles. The SMILES string of the molecule is CCCNC(=O)NC1CCN(Cc2ccccc2)C1. The van der Waals surface area contributed by atoms with Crippen molar-refractivity contribution >= 4 is 6.03 Å². The Morgan fingerprint density at radius 1 is 1.37 bits per heavy atom. The maximum atomic E-state index is 11.6. The molecule has 1 saturated heterocycles. The van der Waals surface area contributed by atoms with Gasteiger partial charge in [0.25, 0.3) is 0 Å². The molecular formula is C15H23N3O. The second-order valence-corrected chi connectivity index (χ2v) is 5.11. The highest BCUT2D eigenvalue weighted by Crippen LogP contribution is 2.13. The van der Waals surface area contributed by atoms with E-state index in [4.69, 9.17) is 0 Å². The minimum atomic E-state index is -0.0339. The molecule has 1 unspecified atom stereocenters. The number of likely N-dealkylation sites (tertiary alicyclic amines) is 1. The third-order valence-corrected chi connectivity index (χ3v) is 3.39. The van der Waals surface area contributed by atoms with Gasteiger partial charge in [-0.25, -0.2) is 4.79 Å². The van der Waals surface area contributed by atoms with Gasteiger partial charge in [-0.05, 0) is 18.4 Å². The molecule has 1 aromatic carbocycles. The first-order valence-electron chi connectivity index (χ1n) is 7.08. The zero-order valence-electron chi connectivity index (χ0n) is 11.6. The smallest absolute Gasteiger partial charge is 0.315 e. The fraction of sp³-hybridized carbons (Fsp3) is 0.533. The van der Waals surface area contributed by atoms with E-state index in [0.717, 1.165) is 39.0 Å². The van der Waals surface area contributed by atoms with Crippen LogP contribution in [0.2, 0.25) is 0 Å². The maximum Gasteiger partial charge on any atom is 0.315 e. The molecule has 104 valence electrons. The molecule has 2 amide bonds. The largest absolute Gasteiger partial charge is 0.338 e. The molecule has 0 bridgehead atoms. The Kier molecular flexibility index (Phi) is 5.21. The van der Waals surface area contributed by atoms with Gasteiger partial charge in [0.1, 0.15) is 0 Å². The number of amides is 2.